The lowest BCUT2D eigenvalue weighted by atomic mass is 10.2. The topological polar surface area (TPSA) is 99.0 Å². The predicted octanol–water partition coefficient (Wildman–Crippen LogP) is 2.36. The van der Waals surface area contributed by atoms with Crippen molar-refractivity contribution in [3.05, 3.63) is 32.6 Å². The molecule has 0 saturated carbocycles. The molecule has 26 heavy (non-hydrogen) atoms. The maximum Gasteiger partial charge on any atom is 0.262 e. The molecular weight excluding hydrogens is 374 g/mol. The van der Waals surface area contributed by atoms with Crippen molar-refractivity contribution in [2.75, 3.05) is 11.9 Å². The summed E-state index contributed by atoms with van der Waals surface area (Å²) in [4.78, 5) is 30.9. The number of carbonyl (C=O) groups excluding carboxylic acids is 1. The number of nitrogens with one attached hydrogen (secondary N) is 1. The number of anilines is 1. The third kappa shape index (κ3) is 3.39. The van der Waals surface area contributed by atoms with Gasteiger partial charge in [-0.2, -0.15) is 0 Å². The predicted molar refractivity (Wildman–Crippen MR) is 99.7 cm³/mol. The lowest BCUT2D eigenvalue weighted by Gasteiger charge is -2.04. The normalized spacial score (nSPS) is 17.0. The average Bonchev–Trinajstić information content (AvgIpc) is 3.36. The standard InChI is InChI=1S/C16H17N5O3S2/c1-2-9-6-10-13(25-9)17-8-21(15(10)23)7-12(22)18-16-20-19-14(26-16)11-4-3-5-24-11/h6,8,11H,2-5,7H2,1H3,(H,18,20,22). The van der Waals surface area contributed by atoms with E-state index in [0.29, 0.717) is 15.3 Å². The summed E-state index contributed by atoms with van der Waals surface area (Å²) in [7, 11) is 0. The number of thiophene rings is 1. The van der Waals surface area contributed by atoms with Crippen LogP contribution >= 0.6 is 22.7 Å². The molecule has 136 valence electrons. The van der Waals surface area contributed by atoms with Gasteiger partial charge in [0, 0.05) is 11.5 Å². The molecule has 4 heterocycles. The minimum absolute atomic E-state index is 0.0290. The van der Waals surface area contributed by atoms with Crippen LogP contribution in [0, 0.1) is 0 Å². The van der Waals surface area contributed by atoms with Gasteiger partial charge in [-0.15, -0.1) is 21.5 Å². The monoisotopic (exact) mass is 391 g/mol. The molecule has 3 aromatic heterocycles. The van der Waals surface area contributed by atoms with Crippen molar-refractivity contribution in [1.82, 2.24) is 19.7 Å². The molecule has 0 aliphatic carbocycles. The third-order valence-electron chi connectivity index (χ3n) is 4.12. The zero-order chi connectivity index (χ0) is 18.1. The Morgan fingerprint density at radius 2 is 2.31 bits per heavy atom. The van der Waals surface area contributed by atoms with Gasteiger partial charge in [-0.25, -0.2) is 4.98 Å². The van der Waals surface area contributed by atoms with Gasteiger partial charge in [-0.05, 0) is 25.3 Å². The molecule has 1 aliphatic rings. The van der Waals surface area contributed by atoms with E-state index in [2.05, 4.69) is 20.5 Å². The largest absolute Gasteiger partial charge is 0.371 e. The lowest BCUT2D eigenvalue weighted by molar-refractivity contribution is -0.116. The van der Waals surface area contributed by atoms with E-state index in [1.54, 1.807) is 0 Å². The highest BCUT2D eigenvalue weighted by atomic mass is 32.1. The first-order valence-corrected chi connectivity index (χ1v) is 10.00. The Hall–Kier alpha value is -2.17. The summed E-state index contributed by atoms with van der Waals surface area (Å²) < 4.78 is 6.87. The fourth-order valence-corrected chi connectivity index (χ4v) is 4.57. The van der Waals surface area contributed by atoms with Gasteiger partial charge in [0.25, 0.3) is 5.56 Å². The van der Waals surface area contributed by atoms with Gasteiger partial charge >= 0.3 is 0 Å². The molecule has 1 atom stereocenters. The van der Waals surface area contributed by atoms with E-state index in [-0.39, 0.29) is 24.1 Å². The Balaban J connectivity index is 1.47. The van der Waals surface area contributed by atoms with Crippen LogP contribution in [-0.2, 0) is 22.5 Å². The van der Waals surface area contributed by atoms with Crippen molar-refractivity contribution in [1.29, 1.82) is 0 Å². The molecule has 1 aliphatic heterocycles. The summed E-state index contributed by atoms with van der Waals surface area (Å²) in [5.41, 5.74) is -0.210. The molecule has 0 bridgehead atoms. The Labute approximate surface area is 156 Å². The number of fused-ring (bicyclic) bond motifs is 1. The van der Waals surface area contributed by atoms with Crippen LogP contribution in [0.2, 0.25) is 0 Å². The summed E-state index contributed by atoms with van der Waals surface area (Å²) in [6.07, 6.45) is 4.17. The first-order valence-electron chi connectivity index (χ1n) is 8.36. The summed E-state index contributed by atoms with van der Waals surface area (Å²) in [6.45, 7) is 2.64. The molecule has 3 aromatic rings. The highest BCUT2D eigenvalue weighted by Gasteiger charge is 2.22. The number of nitrogens with zero attached hydrogens (tertiary/aromatic N) is 4. The van der Waals surface area contributed by atoms with Gasteiger partial charge in [0.15, 0.2) is 0 Å². The molecule has 1 amide bonds. The van der Waals surface area contributed by atoms with Crippen molar-refractivity contribution in [3.8, 4) is 0 Å². The number of rotatable bonds is 5. The summed E-state index contributed by atoms with van der Waals surface area (Å²) in [5, 5.41) is 12.5. The molecule has 1 saturated heterocycles. The van der Waals surface area contributed by atoms with Crippen LogP contribution in [0.25, 0.3) is 10.2 Å². The second kappa shape index (κ2) is 7.22. The fourth-order valence-electron chi connectivity index (χ4n) is 2.80. The van der Waals surface area contributed by atoms with Crippen LogP contribution in [0.4, 0.5) is 5.13 Å². The Kier molecular flexibility index (Phi) is 4.79. The zero-order valence-electron chi connectivity index (χ0n) is 14.1. The van der Waals surface area contributed by atoms with E-state index in [9.17, 15) is 9.59 Å². The van der Waals surface area contributed by atoms with E-state index in [1.165, 1.54) is 33.6 Å². The van der Waals surface area contributed by atoms with Crippen LogP contribution in [0.1, 0.15) is 35.8 Å². The van der Waals surface area contributed by atoms with Gasteiger partial charge in [0.05, 0.1) is 11.7 Å². The molecule has 1 N–H and O–H groups in total. The lowest BCUT2D eigenvalue weighted by Crippen LogP contribution is -2.27. The van der Waals surface area contributed by atoms with Gasteiger partial charge in [-0.1, -0.05) is 18.3 Å². The van der Waals surface area contributed by atoms with Gasteiger partial charge < -0.3 is 4.74 Å². The minimum Gasteiger partial charge on any atom is -0.371 e. The highest BCUT2D eigenvalue weighted by molar-refractivity contribution is 7.18. The highest BCUT2D eigenvalue weighted by Crippen LogP contribution is 2.31. The summed E-state index contributed by atoms with van der Waals surface area (Å²) >= 11 is 2.80. The van der Waals surface area contributed by atoms with E-state index in [4.69, 9.17) is 4.74 Å². The first kappa shape index (κ1) is 17.3. The molecule has 0 radical (unpaired) electrons. The Morgan fingerprint density at radius 1 is 1.42 bits per heavy atom. The van der Waals surface area contributed by atoms with Crippen LogP contribution in [0.15, 0.2) is 17.2 Å². The first-order chi connectivity index (χ1) is 12.6. The molecule has 1 fully saturated rings. The van der Waals surface area contributed by atoms with E-state index in [1.807, 2.05) is 13.0 Å². The number of aromatic nitrogens is 4. The molecule has 1 unspecified atom stereocenters. The van der Waals surface area contributed by atoms with E-state index >= 15 is 0 Å². The van der Waals surface area contributed by atoms with Gasteiger partial charge in [0.1, 0.15) is 22.5 Å². The molecule has 0 aromatic carbocycles. The van der Waals surface area contributed by atoms with Crippen molar-refractivity contribution in [3.63, 3.8) is 0 Å². The second-order valence-corrected chi connectivity index (χ2v) is 8.08. The number of aryl methyl sites for hydroxylation is 1. The SMILES string of the molecule is CCc1cc2c(=O)n(CC(=O)Nc3nnc(C4CCCO4)s3)cnc2s1. The Morgan fingerprint density at radius 3 is 3.08 bits per heavy atom. The fraction of sp³-hybridized carbons (Fsp3) is 0.438. The quantitative estimate of drug-likeness (QED) is 0.717. The van der Waals surface area contributed by atoms with Gasteiger partial charge in [-0.3, -0.25) is 19.5 Å². The molecular formula is C16H17N5O3S2. The molecule has 4 rings (SSSR count). The van der Waals surface area contributed by atoms with Crippen molar-refractivity contribution in [2.45, 2.75) is 38.8 Å². The minimum atomic E-state index is -0.339. The number of ether oxygens (including phenoxy) is 1. The number of carbonyl (C=O) groups is 1. The maximum atomic E-state index is 12.5. The van der Waals surface area contributed by atoms with E-state index in [0.717, 1.165) is 35.8 Å². The Bertz CT molecular complexity index is 1000. The van der Waals surface area contributed by atoms with Crippen molar-refractivity contribution >= 4 is 43.9 Å². The molecule has 10 heteroatoms. The van der Waals surface area contributed by atoms with Crippen molar-refractivity contribution in [2.24, 2.45) is 0 Å². The summed E-state index contributed by atoms with van der Waals surface area (Å²) in [5.74, 6) is -0.339. The second-order valence-electron chi connectivity index (χ2n) is 5.96. The third-order valence-corrected chi connectivity index (χ3v) is 6.24. The number of hydrogen-bond acceptors (Lipinski definition) is 8. The van der Waals surface area contributed by atoms with Crippen molar-refractivity contribution < 1.29 is 9.53 Å². The van der Waals surface area contributed by atoms with Crippen LogP contribution in [0.3, 0.4) is 0 Å². The van der Waals surface area contributed by atoms with Crippen LogP contribution in [0.5, 0.6) is 0 Å². The van der Waals surface area contributed by atoms with E-state index < -0.39 is 0 Å². The molecule has 0 spiro atoms. The van der Waals surface area contributed by atoms with Gasteiger partial charge in [0.2, 0.25) is 11.0 Å². The van der Waals surface area contributed by atoms with Crippen LogP contribution < -0.4 is 10.9 Å². The molecule has 8 nitrogen and oxygen atoms in total. The average molecular weight is 391 g/mol. The number of hydrogen-bond donors (Lipinski definition) is 1. The smallest absolute Gasteiger partial charge is 0.262 e. The van der Waals surface area contributed by atoms with Crippen LogP contribution in [-0.4, -0.2) is 32.3 Å². The number of amides is 1. The summed E-state index contributed by atoms with van der Waals surface area (Å²) in [6, 6.07) is 1.85. The zero-order valence-corrected chi connectivity index (χ0v) is 15.7. The maximum absolute atomic E-state index is 12.5.